The lowest BCUT2D eigenvalue weighted by Crippen LogP contribution is -2.14. The predicted molar refractivity (Wildman–Crippen MR) is 92.2 cm³/mol. The van der Waals surface area contributed by atoms with Crippen LogP contribution in [-0.4, -0.2) is 0 Å². The minimum atomic E-state index is 0.217. The van der Waals surface area contributed by atoms with E-state index in [9.17, 15) is 0 Å². The molecule has 0 N–H and O–H groups in total. The van der Waals surface area contributed by atoms with Crippen molar-refractivity contribution in [1.82, 2.24) is 0 Å². The molecule has 1 fully saturated rings. The zero-order chi connectivity index (χ0) is 14.8. The first-order valence-corrected chi connectivity index (χ1v) is 8.87. The van der Waals surface area contributed by atoms with Gasteiger partial charge in [-0.05, 0) is 31.9 Å². The average Bonchev–Trinajstić information content (AvgIpc) is 2.50. The van der Waals surface area contributed by atoms with Crippen LogP contribution >= 0.6 is 0 Å². The Kier molecular flexibility index (Phi) is 6.87. The Morgan fingerprint density at radius 3 is 1.71 bits per heavy atom. The van der Waals surface area contributed by atoms with Gasteiger partial charge in [0, 0.05) is 11.0 Å². The molecule has 21 heavy (non-hydrogen) atoms. The van der Waals surface area contributed by atoms with Crippen molar-refractivity contribution in [2.75, 3.05) is 0 Å². The molecule has 0 amide bonds. The van der Waals surface area contributed by atoms with E-state index in [0.717, 1.165) is 5.56 Å². The van der Waals surface area contributed by atoms with Crippen LogP contribution in [0.25, 0.3) is 0 Å². The monoisotopic (exact) mass is 282 g/mol. The van der Waals surface area contributed by atoms with E-state index in [4.69, 9.17) is 0 Å². The minimum absolute atomic E-state index is 0.217. The van der Waals surface area contributed by atoms with E-state index in [2.05, 4.69) is 49.1 Å². The molecule has 0 saturated heterocycles. The largest absolute Gasteiger partial charge is 0.0914 e. The highest BCUT2D eigenvalue weighted by Crippen LogP contribution is 2.31. The van der Waals surface area contributed by atoms with Crippen molar-refractivity contribution in [2.45, 2.75) is 77.6 Å². The van der Waals surface area contributed by atoms with E-state index in [0.29, 0.717) is 0 Å². The molecule has 0 spiro atoms. The summed E-state index contributed by atoms with van der Waals surface area (Å²) in [6, 6.07) is 10.4. The van der Waals surface area contributed by atoms with Crippen molar-refractivity contribution in [3.63, 3.8) is 0 Å². The average molecular weight is 282 g/mol. The molecule has 0 bridgehead atoms. The molecular formula is C21H30. The van der Waals surface area contributed by atoms with Gasteiger partial charge in [0.15, 0.2) is 0 Å². The molecule has 0 heterocycles. The summed E-state index contributed by atoms with van der Waals surface area (Å²) in [6.07, 6.45) is 15.2. The first kappa shape index (κ1) is 16.2. The summed E-state index contributed by atoms with van der Waals surface area (Å²) in [7, 11) is 0. The molecule has 1 aromatic rings. The maximum atomic E-state index is 3.62. The van der Waals surface area contributed by atoms with Crippen molar-refractivity contribution in [3.8, 4) is 11.8 Å². The minimum Gasteiger partial charge on any atom is -0.0914 e. The van der Waals surface area contributed by atoms with Crippen LogP contribution in [0.5, 0.6) is 0 Å². The lowest BCUT2D eigenvalue weighted by atomic mass is 9.79. The molecule has 2 rings (SSSR count). The topological polar surface area (TPSA) is 0 Å². The highest BCUT2D eigenvalue weighted by atomic mass is 14.2. The second-order valence-electron chi connectivity index (χ2n) is 6.86. The van der Waals surface area contributed by atoms with Gasteiger partial charge in [0.25, 0.3) is 0 Å². The Hall–Kier alpha value is -1.22. The Morgan fingerprint density at radius 1 is 0.714 bits per heavy atom. The molecule has 0 radical (unpaired) electrons. The molecule has 0 aliphatic heterocycles. The van der Waals surface area contributed by atoms with Crippen LogP contribution in [0, 0.1) is 17.3 Å². The normalized spacial score (nSPS) is 20.4. The van der Waals surface area contributed by atoms with Gasteiger partial charge in [-0.1, -0.05) is 87.8 Å². The van der Waals surface area contributed by atoms with Crippen LogP contribution in [0.4, 0.5) is 0 Å². The number of rotatable bonds is 0. The summed E-state index contributed by atoms with van der Waals surface area (Å²) in [5, 5.41) is 0. The van der Waals surface area contributed by atoms with E-state index in [1.807, 2.05) is 0 Å². The predicted octanol–water partition coefficient (Wildman–Crippen LogP) is 6.35. The molecule has 1 aliphatic rings. The molecule has 0 aromatic heterocycles. The van der Waals surface area contributed by atoms with E-state index < -0.39 is 0 Å². The van der Waals surface area contributed by atoms with Crippen molar-refractivity contribution in [2.24, 2.45) is 5.41 Å². The van der Waals surface area contributed by atoms with E-state index >= 15 is 0 Å². The summed E-state index contributed by atoms with van der Waals surface area (Å²) in [6.45, 7) is 2.38. The fourth-order valence-corrected chi connectivity index (χ4v) is 3.26. The van der Waals surface area contributed by atoms with Gasteiger partial charge in [-0.15, -0.1) is 0 Å². The fourth-order valence-electron chi connectivity index (χ4n) is 3.26. The molecule has 0 atom stereocenters. The third-order valence-electron chi connectivity index (χ3n) is 4.74. The first-order valence-electron chi connectivity index (χ1n) is 8.87. The van der Waals surface area contributed by atoms with Crippen LogP contribution < -0.4 is 0 Å². The molecule has 0 unspecified atom stereocenters. The SMILES string of the molecule is CC1(C#Cc2ccccc2)CCCCCCCCCCC1. The quantitative estimate of drug-likeness (QED) is 0.486. The highest BCUT2D eigenvalue weighted by Gasteiger charge is 2.20. The first-order chi connectivity index (χ1) is 10.3. The van der Waals surface area contributed by atoms with E-state index in [1.54, 1.807) is 0 Å². The summed E-state index contributed by atoms with van der Waals surface area (Å²) in [4.78, 5) is 0. The van der Waals surface area contributed by atoms with Crippen LogP contribution in [0.1, 0.15) is 83.1 Å². The summed E-state index contributed by atoms with van der Waals surface area (Å²) >= 11 is 0. The maximum Gasteiger partial charge on any atom is 0.0290 e. The molecule has 1 saturated carbocycles. The van der Waals surface area contributed by atoms with E-state index in [-0.39, 0.29) is 5.41 Å². The Bertz CT molecular complexity index is 434. The Morgan fingerprint density at radius 2 is 1.19 bits per heavy atom. The van der Waals surface area contributed by atoms with Gasteiger partial charge in [0.1, 0.15) is 0 Å². The summed E-state index contributed by atoms with van der Waals surface area (Å²) < 4.78 is 0. The number of hydrogen-bond donors (Lipinski definition) is 0. The standard InChI is InChI=1S/C21H30/c1-21(19-16-20-14-10-9-11-15-20)17-12-7-5-3-2-4-6-8-13-18-21/h9-11,14-15H,2-8,12-13,17-18H2,1H3. The fraction of sp³-hybridized carbons (Fsp3) is 0.619. The van der Waals surface area contributed by atoms with Gasteiger partial charge in [-0.25, -0.2) is 0 Å². The van der Waals surface area contributed by atoms with Crippen LogP contribution in [0.3, 0.4) is 0 Å². The number of hydrogen-bond acceptors (Lipinski definition) is 0. The van der Waals surface area contributed by atoms with Gasteiger partial charge < -0.3 is 0 Å². The number of benzene rings is 1. The molecule has 1 aromatic carbocycles. The zero-order valence-corrected chi connectivity index (χ0v) is 13.7. The molecule has 1 aliphatic carbocycles. The van der Waals surface area contributed by atoms with E-state index in [1.165, 1.54) is 70.6 Å². The molecular weight excluding hydrogens is 252 g/mol. The van der Waals surface area contributed by atoms with Crippen molar-refractivity contribution in [3.05, 3.63) is 35.9 Å². The summed E-state index contributed by atoms with van der Waals surface area (Å²) in [5.41, 5.74) is 1.37. The van der Waals surface area contributed by atoms with Crippen LogP contribution in [-0.2, 0) is 0 Å². The van der Waals surface area contributed by atoms with Crippen molar-refractivity contribution in [1.29, 1.82) is 0 Å². The third-order valence-corrected chi connectivity index (χ3v) is 4.74. The van der Waals surface area contributed by atoms with Gasteiger partial charge in [-0.3, -0.25) is 0 Å². The van der Waals surface area contributed by atoms with Crippen molar-refractivity contribution >= 4 is 0 Å². The second-order valence-corrected chi connectivity index (χ2v) is 6.86. The lowest BCUT2D eigenvalue weighted by Gasteiger charge is -2.24. The van der Waals surface area contributed by atoms with Crippen LogP contribution in [0.2, 0.25) is 0 Å². The van der Waals surface area contributed by atoms with Crippen molar-refractivity contribution < 1.29 is 0 Å². The third kappa shape index (κ3) is 6.38. The molecule has 0 nitrogen and oxygen atoms in total. The van der Waals surface area contributed by atoms with Crippen LogP contribution in [0.15, 0.2) is 30.3 Å². The zero-order valence-electron chi connectivity index (χ0n) is 13.7. The Balaban J connectivity index is 1.99. The molecule has 0 heteroatoms. The smallest absolute Gasteiger partial charge is 0.0290 e. The molecule has 114 valence electrons. The Labute approximate surface area is 131 Å². The van der Waals surface area contributed by atoms with Gasteiger partial charge in [-0.2, -0.15) is 0 Å². The second kappa shape index (κ2) is 8.93. The maximum absolute atomic E-state index is 3.62. The lowest BCUT2D eigenvalue weighted by molar-refractivity contribution is 0.337. The van der Waals surface area contributed by atoms with Gasteiger partial charge >= 0.3 is 0 Å². The highest BCUT2D eigenvalue weighted by molar-refractivity contribution is 5.35. The summed E-state index contributed by atoms with van der Waals surface area (Å²) in [5.74, 6) is 7.03. The van der Waals surface area contributed by atoms with Gasteiger partial charge in [0.2, 0.25) is 0 Å². The van der Waals surface area contributed by atoms with Gasteiger partial charge in [0.05, 0.1) is 0 Å².